The Hall–Kier alpha value is -1.51. The van der Waals surface area contributed by atoms with Gasteiger partial charge in [-0.3, -0.25) is 0 Å². The molecule has 0 aliphatic rings. The van der Waals surface area contributed by atoms with E-state index in [2.05, 4.69) is 19.1 Å². The van der Waals surface area contributed by atoms with E-state index in [0.29, 0.717) is 6.61 Å². The van der Waals surface area contributed by atoms with Crippen LogP contribution in [0.25, 0.3) is 0 Å². The average Bonchev–Trinajstić information content (AvgIpc) is 2.36. The second kappa shape index (κ2) is 7.71. The average molecular weight is 235 g/mol. The highest BCUT2D eigenvalue weighted by Crippen LogP contribution is 2.03. The van der Waals surface area contributed by atoms with Crippen molar-refractivity contribution in [1.82, 2.24) is 4.90 Å². The van der Waals surface area contributed by atoms with Crippen LogP contribution in [0.1, 0.15) is 25.8 Å². The first-order valence-electron chi connectivity index (χ1n) is 6.23. The molecule has 94 valence electrons. The maximum Gasteiger partial charge on any atom is 0.409 e. The maximum absolute atomic E-state index is 11.7. The SMILES string of the molecule is CCCN(CCc1ccccc1)C(=O)OCC. The van der Waals surface area contributed by atoms with Gasteiger partial charge in [0.2, 0.25) is 0 Å². The molecule has 0 aromatic heterocycles. The number of amides is 1. The van der Waals surface area contributed by atoms with E-state index in [1.165, 1.54) is 5.56 Å². The summed E-state index contributed by atoms with van der Waals surface area (Å²) in [5.41, 5.74) is 1.25. The summed E-state index contributed by atoms with van der Waals surface area (Å²) in [5, 5.41) is 0. The maximum atomic E-state index is 11.7. The molecule has 0 bridgehead atoms. The third-order valence-corrected chi connectivity index (χ3v) is 2.53. The third kappa shape index (κ3) is 4.89. The van der Waals surface area contributed by atoms with Crippen molar-refractivity contribution in [1.29, 1.82) is 0 Å². The van der Waals surface area contributed by atoms with E-state index in [1.807, 2.05) is 25.1 Å². The summed E-state index contributed by atoms with van der Waals surface area (Å²) in [6, 6.07) is 10.2. The summed E-state index contributed by atoms with van der Waals surface area (Å²) >= 11 is 0. The Labute approximate surface area is 103 Å². The molecule has 0 radical (unpaired) electrons. The number of rotatable bonds is 6. The first-order chi connectivity index (χ1) is 8.27. The van der Waals surface area contributed by atoms with Crippen molar-refractivity contribution in [3.05, 3.63) is 35.9 Å². The number of ether oxygens (including phenoxy) is 1. The highest BCUT2D eigenvalue weighted by Gasteiger charge is 2.12. The molecule has 0 atom stereocenters. The molecule has 0 heterocycles. The van der Waals surface area contributed by atoms with E-state index >= 15 is 0 Å². The summed E-state index contributed by atoms with van der Waals surface area (Å²) in [6.07, 6.45) is 1.62. The summed E-state index contributed by atoms with van der Waals surface area (Å²) in [5.74, 6) is 0. The van der Waals surface area contributed by atoms with Gasteiger partial charge in [-0.2, -0.15) is 0 Å². The van der Waals surface area contributed by atoms with Crippen LogP contribution in [0.15, 0.2) is 30.3 Å². The molecule has 0 spiro atoms. The van der Waals surface area contributed by atoms with Gasteiger partial charge in [0.1, 0.15) is 0 Å². The van der Waals surface area contributed by atoms with Gasteiger partial charge in [0.25, 0.3) is 0 Å². The number of carbonyl (C=O) groups is 1. The minimum atomic E-state index is -0.203. The molecule has 0 saturated heterocycles. The van der Waals surface area contributed by atoms with Crippen molar-refractivity contribution in [3.63, 3.8) is 0 Å². The molecule has 0 aliphatic carbocycles. The van der Waals surface area contributed by atoms with Crippen molar-refractivity contribution in [2.24, 2.45) is 0 Å². The Kier molecular flexibility index (Phi) is 6.15. The van der Waals surface area contributed by atoms with E-state index in [-0.39, 0.29) is 6.09 Å². The van der Waals surface area contributed by atoms with Crippen LogP contribution in [0, 0.1) is 0 Å². The van der Waals surface area contributed by atoms with E-state index in [0.717, 1.165) is 25.9 Å². The molecule has 1 rings (SSSR count). The summed E-state index contributed by atoms with van der Waals surface area (Å²) < 4.78 is 5.03. The fourth-order valence-corrected chi connectivity index (χ4v) is 1.69. The molecule has 17 heavy (non-hydrogen) atoms. The molecular weight excluding hydrogens is 214 g/mol. The summed E-state index contributed by atoms with van der Waals surface area (Å²) in [6.45, 7) is 5.81. The molecule has 0 fully saturated rings. The lowest BCUT2D eigenvalue weighted by Crippen LogP contribution is -2.34. The normalized spacial score (nSPS) is 10.0. The Morgan fingerprint density at radius 1 is 1.18 bits per heavy atom. The van der Waals surface area contributed by atoms with E-state index in [9.17, 15) is 4.79 Å². The van der Waals surface area contributed by atoms with Crippen LogP contribution in [0.5, 0.6) is 0 Å². The molecule has 0 saturated carbocycles. The lowest BCUT2D eigenvalue weighted by atomic mass is 10.1. The standard InChI is InChI=1S/C14H21NO2/c1-3-11-15(14(16)17-4-2)12-10-13-8-6-5-7-9-13/h5-9H,3-4,10-12H2,1-2H3. The zero-order chi connectivity index (χ0) is 12.5. The van der Waals surface area contributed by atoms with E-state index < -0.39 is 0 Å². The molecule has 0 unspecified atom stereocenters. The van der Waals surface area contributed by atoms with Crippen LogP contribution in [0.3, 0.4) is 0 Å². The van der Waals surface area contributed by atoms with Crippen LogP contribution >= 0.6 is 0 Å². The van der Waals surface area contributed by atoms with Crippen LogP contribution < -0.4 is 0 Å². The fourth-order valence-electron chi connectivity index (χ4n) is 1.69. The van der Waals surface area contributed by atoms with Crippen molar-refractivity contribution >= 4 is 6.09 Å². The van der Waals surface area contributed by atoms with Gasteiger partial charge in [-0.15, -0.1) is 0 Å². The molecule has 3 nitrogen and oxygen atoms in total. The fraction of sp³-hybridized carbons (Fsp3) is 0.500. The van der Waals surface area contributed by atoms with Crippen LogP contribution in [0.2, 0.25) is 0 Å². The predicted octanol–water partition coefficient (Wildman–Crippen LogP) is 3.10. The molecule has 0 aliphatic heterocycles. The van der Waals surface area contributed by atoms with Gasteiger partial charge in [-0.05, 0) is 25.3 Å². The predicted molar refractivity (Wildman–Crippen MR) is 69.0 cm³/mol. The van der Waals surface area contributed by atoms with Gasteiger partial charge < -0.3 is 9.64 Å². The second-order valence-corrected chi connectivity index (χ2v) is 3.92. The molecule has 0 N–H and O–H groups in total. The van der Waals surface area contributed by atoms with Crippen LogP contribution in [0.4, 0.5) is 4.79 Å². The summed E-state index contributed by atoms with van der Waals surface area (Å²) in [4.78, 5) is 13.4. The minimum Gasteiger partial charge on any atom is -0.450 e. The van der Waals surface area contributed by atoms with Gasteiger partial charge in [-0.25, -0.2) is 4.79 Å². The molecule has 1 aromatic carbocycles. The minimum absolute atomic E-state index is 0.203. The van der Waals surface area contributed by atoms with Crippen molar-refractivity contribution in [2.75, 3.05) is 19.7 Å². The lowest BCUT2D eigenvalue weighted by molar-refractivity contribution is 0.107. The number of benzene rings is 1. The monoisotopic (exact) mass is 235 g/mol. The number of carbonyl (C=O) groups excluding carboxylic acids is 1. The zero-order valence-corrected chi connectivity index (χ0v) is 10.7. The zero-order valence-electron chi connectivity index (χ0n) is 10.7. The van der Waals surface area contributed by atoms with Gasteiger partial charge in [-0.1, -0.05) is 37.3 Å². The third-order valence-electron chi connectivity index (χ3n) is 2.53. The number of hydrogen-bond donors (Lipinski definition) is 0. The van der Waals surface area contributed by atoms with E-state index in [1.54, 1.807) is 4.90 Å². The van der Waals surface area contributed by atoms with Crippen LogP contribution in [-0.4, -0.2) is 30.7 Å². The molecule has 1 amide bonds. The van der Waals surface area contributed by atoms with Crippen molar-refractivity contribution < 1.29 is 9.53 Å². The first kappa shape index (κ1) is 13.6. The Morgan fingerprint density at radius 3 is 2.47 bits per heavy atom. The van der Waals surface area contributed by atoms with Crippen molar-refractivity contribution in [3.8, 4) is 0 Å². The largest absolute Gasteiger partial charge is 0.450 e. The van der Waals surface area contributed by atoms with Gasteiger partial charge in [0.15, 0.2) is 0 Å². The summed E-state index contributed by atoms with van der Waals surface area (Å²) in [7, 11) is 0. The van der Waals surface area contributed by atoms with Crippen molar-refractivity contribution in [2.45, 2.75) is 26.7 Å². The number of hydrogen-bond acceptors (Lipinski definition) is 2. The molecule has 1 aromatic rings. The Morgan fingerprint density at radius 2 is 1.88 bits per heavy atom. The second-order valence-electron chi connectivity index (χ2n) is 3.92. The Balaban J connectivity index is 2.47. The van der Waals surface area contributed by atoms with E-state index in [4.69, 9.17) is 4.74 Å². The van der Waals surface area contributed by atoms with Crippen LogP contribution in [-0.2, 0) is 11.2 Å². The molecular formula is C14H21NO2. The van der Waals surface area contributed by atoms with Gasteiger partial charge in [0, 0.05) is 13.1 Å². The topological polar surface area (TPSA) is 29.5 Å². The highest BCUT2D eigenvalue weighted by atomic mass is 16.6. The first-order valence-corrected chi connectivity index (χ1v) is 6.23. The quantitative estimate of drug-likeness (QED) is 0.758. The molecule has 3 heteroatoms. The van der Waals surface area contributed by atoms with Gasteiger partial charge in [0.05, 0.1) is 6.61 Å². The van der Waals surface area contributed by atoms with Gasteiger partial charge >= 0.3 is 6.09 Å². The smallest absolute Gasteiger partial charge is 0.409 e. The lowest BCUT2D eigenvalue weighted by Gasteiger charge is -2.21. The Bertz CT molecular complexity index is 324. The highest BCUT2D eigenvalue weighted by molar-refractivity contribution is 5.67. The number of nitrogens with zero attached hydrogens (tertiary/aromatic N) is 1.